The molecule has 1 heterocycles. The lowest BCUT2D eigenvalue weighted by molar-refractivity contribution is 0.0998. The van der Waals surface area contributed by atoms with Crippen LogP contribution in [0.5, 0.6) is 0 Å². The molecule has 6 nitrogen and oxygen atoms in total. The van der Waals surface area contributed by atoms with E-state index in [4.69, 9.17) is 0 Å². The van der Waals surface area contributed by atoms with Crippen molar-refractivity contribution in [2.24, 2.45) is 12.0 Å². The fraction of sp³-hybridized carbons (Fsp3) is 0.0476. The predicted octanol–water partition coefficient (Wildman–Crippen LogP) is 4.06. The number of hydrogen-bond acceptors (Lipinski definition) is 4. The van der Waals surface area contributed by atoms with Gasteiger partial charge in [0, 0.05) is 18.3 Å². The Morgan fingerprint density at radius 3 is 2.45 bits per heavy atom. The Balaban J connectivity index is 1.64. The highest BCUT2D eigenvalue weighted by molar-refractivity contribution is 7.92. The number of carbonyl (C=O) groups is 1. The molecular formula is C21H15F2N3O3S2. The number of nitrogens with one attached hydrogen (secondary N) is 1. The zero-order valence-electron chi connectivity index (χ0n) is 16.0. The molecule has 0 saturated carbocycles. The van der Waals surface area contributed by atoms with Gasteiger partial charge in [0.2, 0.25) is 0 Å². The molecule has 0 fully saturated rings. The van der Waals surface area contributed by atoms with Gasteiger partial charge in [-0.15, -0.1) is 0 Å². The Morgan fingerprint density at radius 1 is 1.00 bits per heavy atom. The van der Waals surface area contributed by atoms with Crippen LogP contribution in [0.1, 0.15) is 10.4 Å². The molecule has 0 unspecified atom stereocenters. The Hall–Kier alpha value is -3.37. The molecule has 1 aromatic heterocycles. The molecule has 0 aliphatic heterocycles. The molecule has 10 heteroatoms. The van der Waals surface area contributed by atoms with Crippen LogP contribution in [0.4, 0.5) is 14.5 Å². The maximum absolute atomic E-state index is 13.5. The molecule has 1 N–H and O–H groups in total. The van der Waals surface area contributed by atoms with Gasteiger partial charge < -0.3 is 4.57 Å². The van der Waals surface area contributed by atoms with Crippen LogP contribution in [0, 0.1) is 11.6 Å². The third kappa shape index (κ3) is 4.39. The first-order valence-electron chi connectivity index (χ1n) is 8.95. The van der Waals surface area contributed by atoms with Crippen molar-refractivity contribution in [3.05, 3.63) is 88.7 Å². The van der Waals surface area contributed by atoms with Gasteiger partial charge in [0.1, 0.15) is 11.6 Å². The van der Waals surface area contributed by atoms with E-state index >= 15 is 0 Å². The normalized spacial score (nSPS) is 12.3. The molecule has 0 radical (unpaired) electrons. The molecule has 0 aliphatic rings. The van der Waals surface area contributed by atoms with Gasteiger partial charge in [-0.1, -0.05) is 17.4 Å². The van der Waals surface area contributed by atoms with Crippen LogP contribution in [0.3, 0.4) is 0 Å². The molecular weight excluding hydrogens is 444 g/mol. The lowest BCUT2D eigenvalue weighted by Gasteiger charge is -2.08. The molecule has 4 rings (SSSR count). The number of nitrogens with zero attached hydrogens (tertiary/aromatic N) is 2. The van der Waals surface area contributed by atoms with Gasteiger partial charge in [0.25, 0.3) is 15.9 Å². The summed E-state index contributed by atoms with van der Waals surface area (Å²) in [6.45, 7) is 0. The maximum atomic E-state index is 13.5. The number of carbonyl (C=O) groups excluding carboxylic acids is 1. The zero-order valence-corrected chi connectivity index (χ0v) is 17.7. The standard InChI is InChI=1S/C21H15F2N3O3S2/c1-26-18-10-7-15(23)12-19(18)30-21(26)24-20(27)13-3-2-4-16(11-13)25-31(28,29)17-8-5-14(22)6-9-17/h2-12,25H,1H3. The van der Waals surface area contributed by atoms with Gasteiger partial charge in [-0.25, -0.2) is 17.2 Å². The van der Waals surface area contributed by atoms with Crippen LogP contribution in [-0.2, 0) is 17.1 Å². The molecule has 4 aromatic rings. The minimum Gasteiger partial charge on any atom is -0.319 e. The number of fused-ring (bicyclic) bond motifs is 1. The van der Waals surface area contributed by atoms with Crippen LogP contribution in [0.15, 0.2) is 76.6 Å². The van der Waals surface area contributed by atoms with Crippen molar-refractivity contribution in [2.75, 3.05) is 4.72 Å². The fourth-order valence-electron chi connectivity index (χ4n) is 2.91. The summed E-state index contributed by atoms with van der Waals surface area (Å²) in [4.78, 5) is 17.0. The third-order valence-corrected chi connectivity index (χ3v) is 6.95. The van der Waals surface area contributed by atoms with E-state index in [9.17, 15) is 22.0 Å². The van der Waals surface area contributed by atoms with E-state index < -0.39 is 21.7 Å². The molecule has 158 valence electrons. The minimum atomic E-state index is -3.96. The quantitative estimate of drug-likeness (QED) is 0.500. The number of aromatic nitrogens is 1. The fourth-order valence-corrected chi connectivity index (χ4v) is 5.00. The van der Waals surface area contributed by atoms with Crippen molar-refractivity contribution >= 4 is 43.2 Å². The highest BCUT2D eigenvalue weighted by atomic mass is 32.2. The number of sulfonamides is 1. The van der Waals surface area contributed by atoms with Crippen LogP contribution in [0.2, 0.25) is 0 Å². The van der Waals surface area contributed by atoms with Crippen LogP contribution in [0.25, 0.3) is 10.2 Å². The Bertz CT molecular complexity index is 1470. The van der Waals surface area contributed by atoms with Crippen molar-refractivity contribution in [3.63, 3.8) is 0 Å². The molecule has 0 atom stereocenters. The van der Waals surface area contributed by atoms with E-state index in [1.54, 1.807) is 17.7 Å². The van der Waals surface area contributed by atoms with Crippen LogP contribution >= 0.6 is 11.3 Å². The summed E-state index contributed by atoms with van der Waals surface area (Å²) in [6, 6.07) is 14.6. The number of halogens is 2. The molecule has 0 aliphatic carbocycles. The van der Waals surface area contributed by atoms with Crippen molar-refractivity contribution in [1.82, 2.24) is 4.57 Å². The molecule has 0 saturated heterocycles. The van der Waals surface area contributed by atoms with Gasteiger partial charge in [0.05, 0.1) is 15.1 Å². The Labute approximate surface area is 180 Å². The second-order valence-electron chi connectivity index (χ2n) is 6.61. The van der Waals surface area contributed by atoms with Crippen molar-refractivity contribution < 1.29 is 22.0 Å². The lowest BCUT2D eigenvalue weighted by atomic mass is 10.2. The number of rotatable bonds is 4. The summed E-state index contributed by atoms with van der Waals surface area (Å²) < 4.78 is 56.2. The number of thiazole rings is 1. The van der Waals surface area contributed by atoms with E-state index in [1.807, 2.05) is 0 Å². The second-order valence-corrected chi connectivity index (χ2v) is 9.30. The zero-order chi connectivity index (χ0) is 22.2. The van der Waals surface area contributed by atoms with Gasteiger partial charge in [-0.05, 0) is 60.7 Å². The SMILES string of the molecule is Cn1c(=NC(=O)c2cccc(NS(=O)(=O)c3ccc(F)cc3)c2)sc2cc(F)ccc21. The first-order valence-corrected chi connectivity index (χ1v) is 11.3. The van der Waals surface area contributed by atoms with Crippen molar-refractivity contribution in [1.29, 1.82) is 0 Å². The van der Waals surface area contributed by atoms with Gasteiger partial charge in [-0.3, -0.25) is 9.52 Å². The first kappa shape index (κ1) is 20.9. The van der Waals surface area contributed by atoms with E-state index in [2.05, 4.69) is 9.71 Å². The summed E-state index contributed by atoms with van der Waals surface area (Å²) in [5, 5.41) is 0. The summed E-state index contributed by atoms with van der Waals surface area (Å²) in [5.41, 5.74) is 1.06. The monoisotopic (exact) mass is 459 g/mol. The molecule has 31 heavy (non-hydrogen) atoms. The van der Waals surface area contributed by atoms with Crippen molar-refractivity contribution in [2.45, 2.75) is 4.90 Å². The highest BCUT2D eigenvalue weighted by Gasteiger charge is 2.15. The van der Waals surface area contributed by atoms with Gasteiger partial charge in [-0.2, -0.15) is 4.99 Å². The predicted molar refractivity (Wildman–Crippen MR) is 114 cm³/mol. The molecule has 3 aromatic carbocycles. The number of hydrogen-bond donors (Lipinski definition) is 1. The maximum Gasteiger partial charge on any atom is 0.279 e. The lowest BCUT2D eigenvalue weighted by Crippen LogP contribution is -2.14. The molecule has 1 amide bonds. The highest BCUT2D eigenvalue weighted by Crippen LogP contribution is 2.20. The Kier molecular flexibility index (Phi) is 5.42. The average molecular weight is 459 g/mol. The van der Waals surface area contributed by atoms with Crippen LogP contribution < -0.4 is 9.52 Å². The van der Waals surface area contributed by atoms with Crippen molar-refractivity contribution in [3.8, 4) is 0 Å². The summed E-state index contributed by atoms with van der Waals surface area (Å²) in [6.07, 6.45) is 0. The van der Waals surface area contributed by atoms with Gasteiger partial charge in [0.15, 0.2) is 4.80 Å². The largest absolute Gasteiger partial charge is 0.319 e. The first-order chi connectivity index (χ1) is 14.7. The third-order valence-electron chi connectivity index (χ3n) is 4.45. The van der Waals surface area contributed by atoms with E-state index in [0.717, 1.165) is 29.8 Å². The van der Waals surface area contributed by atoms with Crippen LogP contribution in [-0.4, -0.2) is 18.9 Å². The van der Waals surface area contributed by atoms with E-state index in [-0.39, 0.29) is 22.0 Å². The number of anilines is 1. The van der Waals surface area contributed by atoms with E-state index in [0.29, 0.717) is 9.50 Å². The number of amides is 1. The average Bonchev–Trinajstić information content (AvgIpc) is 3.02. The summed E-state index contributed by atoms with van der Waals surface area (Å²) in [5.74, 6) is -1.51. The summed E-state index contributed by atoms with van der Waals surface area (Å²) >= 11 is 1.17. The smallest absolute Gasteiger partial charge is 0.279 e. The minimum absolute atomic E-state index is 0.111. The Morgan fingerprint density at radius 2 is 1.71 bits per heavy atom. The molecule has 0 spiro atoms. The van der Waals surface area contributed by atoms with E-state index in [1.165, 1.54) is 47.7 Å². The number of aryl methyl sites for hydroxylation is 1. The topological polar surface area (TPSA) is 80.5 Å². The second kappa shape index (κ2) is 8.05. The summed E-state index contributed by atoms with van der Waals surface area (Å²) in [7, 11) is -2.24. The number of benzene rings is 3. The molecule has 0 bridgehead atoms. The van der Waals surface area contributed by atoms with Gasteiger partial charge >= 0.3 is 0 Å².